The minimum Gasteiger partial charge on any atom is -0.384 e. The third kappa shape index (κ3) is 2.76. The summed E-state index contributed by atoms with van der Waals surface area (Å²) in [6.45, 7) is 4.31. The number of nitrogens with two attached hydrogens (primary N) is 1. The van der Waals surface area contributed by atoms with Crippen molar-refractivity contribution in [2.45, 2.75) is 38.1 Å². The Morgan fingerprint density at radius 2 is 2.12 bits per heavy atom. The zero-order valence-electron chi connectivity index (χ0n) is 10.5. The van der Waals surface area contributed by atoms with E-state index in [1.54, 1.807) is 0 Å². The number of rotatable bonds is 4. The number of methoxy groups -OCH3 is 1. The van der Waals surface area contributed by atoms with E-state index in [1.165, 1.54) is 45.2 Å². The molecule has 3 nitrogen and oxygen atoms in total. The first-order chi connectivity index (χ1) is 7.85. The molecule has 0 aromatic carbocycles. The average Bonchev–Trinajstić information content (AvgIpc) is 2.78. The van der Waals surface area contributed by atoms with Gasteiger partial charge in [-0.2, -0.15) is 0 Å². The second kappa shape index (κ2) is 5.99. The molecule has 16 heavy (non-hydrogen) atoms. The quantitative estimate of drug-likeness (QED) is 0.789. The lowest BCUT2D eigenvalue weighted by molar-refractivity contribution is 0.0580. The highest BCUT2D eigenvalue weighted by Crippen LogP contribution is 2.32. The monoisotopic (exact) mass is 226 g/mol. The van der Waals surface area contributed by atoms with Crippen molar-refractivity contribution in [3.63, 3.8) is 0 Å². The minimum atomic E-state index is 0.748. The topological polar surface area (TPSA) is 38.5 Å². The van der Waals surface area contributed by atoms with E-state index < -0.39 is 0 Å². The Labute approximate surface area is 99.3 Å². The van der Waals surface area contributed by atoms with Gasteiger partial charge in [-0.15, -0.1) is 0 Å². The Morgan fingerprint density at radius 3 is 2.88 bits per heavy atom. The van der Waals surface area contributed by atoms with Gasteiger partial charge in [0, 0.05) is 19.7 Å². The molecule has 1 aliphatic carbocycles. The first-order valence-electron chi connectivity index (χ1n) is 6.78. The summed E-state index contributed by atoms with van der Waals surface area (Å²) in [6, 6.07) is 0.768. The van der Waals surface area contributed by atoms with Crippen LogP contribution in [0, 0.1) is 11.8 Å². The van der Waals surface area contributed by atoms with Crippen LogP contribution < -0.4 is 5.73 Å². The normalized spacial score (nSPS) is 36.8. The molecule has 1 heterocycles. The average molecular weight is 226 g/mol. The van der Waals surface area contributed by atoms with Crippen LogP contribution in [-0.2, 0) is 4.74 Å². The second-order valence-corrected chi connectivity index (χ2v) is 5.45. The molecular weight excluding hydrogens is 200 g/mol. The Balaban J connectivity index is 1.88. The molecule has 1 aliphatic heterocycles. The van der Waals surface area contributed by atoms with Gasteiger partial charge in [0.2, 0.25) is 0 Å². The number of ether oxygens (including phenoxy) is 1. The second-order valence-electron chi connectivity index (χ2n) is 5.45. The number of nitrogens with zero attached hydrogens (tertiary/aromatic N) is 1. The molecule has 2 aliphatic rings. The van der Waals surface area contributed by atoms with E-state index in [-0.39, 0.29) is 0 Å². The molecular formula is C13H26N2O. The highest BCUT2D eigenvalue weighted by atomic mass is 16.5. The predicted octanol–water partition coefficient (Wildman–Crippen LogP) is 1.47. The van der Waals surface area contributed by atoms with Gasteiger partial charge in [-0.05, 0) is 50.6 Å². The number of hydrogen-bond donors (Lipinski definition) is 1. The van der Waals surface area contributed by atoms with Crippen molar-refractivity contribution in [2.24, 2.45) is 17.6 Å². The van der Waals surface area contributed by atoms with Crippen LogP contribution in [0.25, 0.3) is 0 Å². The summed E-state index contributed by atoms with van der Waals surface area (Å²) in [7, 11) is 1.82. The molecule has 0 amide bonds. The van der Waals surface area contributed by atoms with Gasteiger partial charge in [-0.25, -0.2) is 0 Å². The standard InChI is InChI=1S/C13H26N2O/c1-16-10-11-4-3-7-15(9-11)13-6-2-5-12(13)8-14/h11-13H,2-10,14H2,1H3. The molecule has 0 spiro atoms. The first-order valence-corrected chi connectivity index (χ1v) is 6.78. The van der Waals surface area contributed by atoms with E-state index in [1.807, 2.05) is 7.11 Å². The molecule has 0 bridgehead atoms. The van der Waals surface area contributed by atoms with Crippen LogP contribution in [0.4, 0.5) is 0 Å². The maximum absolute atomic E-state index is 5.87. The van der Waals surface area contributed by atoms with Crippen molar-refractivity contribution < 1.29 is 4.74 Å². The van der Waals surface area contributed by atoms with E-state index >= 15 is 0 Å². The van der Waals surface area contributed by atoms with Crippen molar-refractivity contribution in [3.05, 3.63) is 0 Å². The molecule has 3 heteroatoms. The fourth-order valence-corrected chi connectivity index (χ4v) is 3.54. The summed E-state index contributed by atoms with van der Waals surface area (Å²) in [5.74, 6) is 1.50. The smallest absolute Gasteiger partial charge is 0.0502 e. The van der Waals surface area contributed by atoms with E-state index in [4.69, 9.17) is 10.5 Å². The lowest BCUT2D eigenvalue weighted by Gasteiger charge is -2.38. The van der Waals surface area contributed by atoms with E-state index in [2.05, 4.69) is 4.90 Å². The van der Waals surface area contributed by atoms with Crippen molar-refractivity contribution in [1.29, 1.82) is 0 Å². The molecule has 0 aromatic heterocycles. The van der Waals surface area contributed by atoms with Gasteiger partial charge in [-0.3, -0.25) is 4.90 Å². The van der Waals surface area contributed by atoms with Crippen LogP contribution in [0.5, 0.6) is 0 Å². The van der Waals surface area contributed by atoms with Crippen LogP contribution in [0.2, 0.25) is 0 Å². The summed E-state index contributed by atoms with van der Waals surface area (Å²) >= 11 is 0. The number of hydrogen-bond acceptors (Lipinski definition) is 3. The Bertz CT molecular complexity index is 208. The number of likely N-dealkylation sites (tertiary alicyclic amines) is 1. The molecule has 0 radical (unpaired) electrons. The van der Waals surface area contributed by atoms with Crippen LogP contribution in [0.3, 0.4) is 0 Å². The summed E-state index contributed by atoms with van der Waals surface area (Å²) in [5.41, 5.74) is 5.87. The summed E-state index contributed by atoms with van der Waals surface area (Å²) < 4.78 is 5.29. The largest absolute Gasteiger partial charge is 0.384 e. The van der Waals surface area contributed by atoms with Gasteiger partial charge in [0.05, 0.1) is 6.61 Å². The van der Waals surface area contributed by atoms with Gasteiger partial charge in [0.1, 0.15) is 0 Å². The molecule has 2 fully saturated rings. The third-order valence-electron chi connectivity index (χ3n) is 4.34. The van der Waals surface area contributed by atoms with Crippen LogP contribution >= 0.6 is 0 Å². The van der Waals surface area contributed by atoms with Crippen molar-refractivity contribution in [1.82, 2.24) is 4.90 Å². The minimum absolute atomic E-state index is 0.748. The Kier molecular flexibility index (Phi) is 4.62. The van der Waals surface area contributed by atoms with Crippen LogP contribution in [-0.4, -0.2) is 44.3 Å². The van der Waals surface area contributed by atoms with E-state index in [0.29, 0.717) is 0 Å². The molecule has 0 aromatic rings. The molecule has 94 valence electrons. The zero-order valence-corrected chi connectivity index (χ0v) is 10.5. The van der Waals surface area contributed by atoms with Crippen LogP contribution in [0.15, 0.2) is 0 Å². The molecule has 3 unspecified atom stereocenters. The SMILES string of the molecule is COCC1CCCN(C2CCCC2CN)C1. The van der Waals surface area contributed by atoms with Gasteiger partial charge < -0.3 is 10.5 Å². The number of piperidine rings is 1. The fourth-order valence-electron chi connectivity index (χ4n) is 3.54. The van der Waals surface area contributed by atoms with E-state index in [0.717, 1.165) is 31.0 Å². The van der Waals surface area contributed by atoms with Gasteiger partial charge >= 0.3 is 0 Å². The third-order valence-corrected chi connectivity index (χ3v) is 4.34. The highest BCUT2D eigenvalue weighted by Gasteiger charge is 2.33. The van der Waals surface area contributed by atoms with Gasteiger partial charge in [-0.1, -0.05) is 6.42 Å². The first kappa shape index (κ1) is 12.3. The summed E-state index contributed by atoms with van der Waals surface area (Å²) in [5, 5.41) is 0. The lowest BCUT2D eigenvalue weighted by atomic mass is 9.94. The maximum atomic E-state index is 5.87. The van der Waals surface area contributed by atoms with Crippen LogP contribution in [0.1, 0.15) is 32.1 Å². The summed E-state index contributed by atoms with van der Waals surface area (Å²) in [4.78, 5) is 2.69. The molecule has 2 N–H and O–H groups in total. The molecule has 2 rings (SSSR count). The molecule has 1 saturated carbocycles. The highest BCUT2D eigenvalue weighted by molar-refractivity contribution is 4.88. The zero-order chi connectivity index (χ0) is 11.4. The van der Waals surface area contributed by atoms with Gasteiger partial charge in [0.15, 0.2) is 0 Å². The van der Waals surface area contributed by atoms with Crippen molar-refractivity contribution in [2.75, 3.05) is 33.4 Å². The van der Waals surface area contributed by atoms with Gasteiger partial charge in [0.25, 0.3) is 0 Å². The summed E-state index contributed by atoms with van der Waals surface area (Å²) in [6.07, 6.45) is 6.75. The van der Waals surface area contributed by atoms with Crippen molar-refractivity contribution in [3.8, 4) is 0 Å². The van der Waals surface area contributed by atoms with E-state index in [9.17, 15) is 0 Å². The Morgan fingerprint density at radius 1 is 1.25 bits per heavy atom. The fraction of sp³-hybridized carbons (Fsp3) is 1.00. The maximum Gasteiger partial charge on any atom is 0.0502 e. The molecule has 1 saturated heterocycles. The molecule has 3 atom stereocenters. The van der Waals surface area contributed by atoms with Crippen molar-refractivity contribution >= 4 is 0 Å². The Hall–Kier alpha value is -0.120. The predicted molar refractivity (Wildman–Crippen MR) is 66.4 cm³/mol. The lowest BCUT2D eigenvalue weighted by Crippen LogP contribution is -2.46.